The molecule has 0 saturated heterocycles. The van der Waals surface area contributed by atoms with Gasteiger partial charge in [-0.25, -0.2) is 9.78 Å². The maximum atomic E-state index is 11.4. The fourth-order valence-corrected chi connectivity index (χ4v) is 1.94. The van der Waals surface area contributed by atoms with Gasteiger partial charge < -0.3 is 5.32 Å². The highest BCUT2D eigenvalue weighted by Crippen LogP contribution is 2.18. The fraction of sp³-hybridized carbons (Fsp3) is 0.444. The highest BCUT2D eigenvalue weighted by Gasteiger charge is 2.15. The van der Waals surface area contributed by atoms with Gasteiger partial charge in [-0.15, -0.1) is 22.9 Å². The number of halogens is 1. The van der Waals surface area contributed by atoms with E-state index >= 15 is 0 Å². The van der Waals surface area contributed by atoms with Crippen molar-refractivity contribution in [3.8, 4) is 0 Å². The van der Waals surface area contributed by atoms with Gasteiger partial charge in [0.25, 0.3) is 0 Å². The lowest BCUT2D eigenvalue weighted by molar-refractivity contribution is -0.117. The molecule has 2 N–H and O–H groups in total. The van der Waals surface area contributed by atoms with Gasteiger partial charge in [-0.2, -0.15) is 0 Å². The minimum Gasteiger partial charge on any atom is -0.329 e. The molecule has 0 saturated carbocycles. The third kappa shape index (κ3) is 3.79. The summed E-state index contributed by atoms with van der Waals surface area (Å²) in [6, 6.07) is -0.726. The first-order valence-corrected chi connectivity index (χ1v) is 6.14. The summed E-state index contributed by atoms with van der Waals surface area (Å²) >= 11 is 6.72. The molecule has 5 nitrogen and oxygen atoms in total. The van der Waals surface area contributed by atoms with Crippen LogP contribution in [0.2, 0.25) is 0 Å². The Hall–Kier alpha value is -1.14. The molecule has 0 bridgehead atoms. The zero-order valence-electron chi connectivity index (χ0n) is 8.70. The first kappa shape index (κ1) is 12.9. The van der Waals surface area contributed by atoms with E-state index in [1.54, 1.807) is 6.20 Å². The molecule has 1 heterocycles. The number of rotatable bonds is 4. The van der Waals surface area contributed by atoms with Crippen LogP contribution in [0.25, 0.3) is 0 Å². The SMILES string of the molecule is CCC(NC(=O)NC(=O)CCl)c1nccs1. The van der Waals surface area contributed by atoms with Gasteiger partial charge in [0.15, 0.2) is 0 Å². The van der Waals surface area contributed by atoms with Crippen LogP contribution in [0.3, 0.4) is 0 Å². The molecule has 0 aliphatic heterocycles. The van der Waals surface area contributed by atoms with E-state index in [1.807, 2.05) is 12.3 Å². The van der Waals surface area contributed by atoms with Crippen LogP contribution in [-0.2, 0) is 4.79 Å². The number of urea groups is 1. The molecule has 88 valence electrons. The van der Waals surface area contributed by atoms with Crippen molar-refractivity contribution in [1.82, 2.24) is 15.6 Å². The van der Waals surface area contributed by atoms with Crippen molar-refractivity contribution in [2.24, 2.45) is 0 Å². The molecule has 16 heavy (non-hydrogen) atoms. The number of carbonyl (C=O) groups excluding carboxylic acids is 2. The summed E-state index contributed by atoms with van der Waals surface area (Å²) in [5, 5.41) is 7.42. The lowest BCUT2D eigenvalue weighted by atomic mass is 10.2. The van der Waals surface area contributed by atoms with E-state index in [-0.39, 0.29) is 11.9 Å². The number of carbonyl (C=O) groups is 2. The van der Waals surface area contributed by atoms with Gasteiger partial charge in [0.05, 0.1) is 6.04 Å². The second kappa shape index (κ2) is 6.44. The van der Waals surface area contributed by atoms with Crippen LogP contribution in [0.5, 0.6) is 0 Å². The molecule has 1 atom stereocenters. The van der Waals surface area contributed by atoms with E-state index in [0.29, 0.717) is 6.42 Å². The van der Waals surface area contributed by atoms with Crippen LogP contribution in [0.1, 0.15) is 24.4 Å². The topological polar surface area (TPSA) is 71.1 Å². The number of hydrogen-bond acceptors (Lipinski definition) is 4. The molecule has 1 aromatic heterocycles. The Morgan fingerprint density at radius 2 is 2.38 bits per heavy atom. The first-order chi connectivity index (χ1) is 7.67. The predicted octanol–water partition coefficient (Wildman–Crippen LogP) is 1.66. The van der Waals surface area contributed by atoms with Crippen molar-refractivity contribution >= 4 is 34.9 Å². The van der Waals surface area contributed by atoms with Gasteiger partial charge >= 0.3 is 6.03 Å². The first-order valence-electron chi connectivity index (χ1n) is 4.73. The van der Waals surface area contributed by atoms with Crippen LogP contribution in [-0.4, -0.2) is 22.8 Å². The molecule has 0 aromatic carbocycles. The molecule has 3 amide bonds. The zero-order chi connectivity index (χ0) is 12.0. The number of aromatic nitrogens is 1. The molecule has 0 spiro atoms. The van der Waals surface area contributed by atoms with E-state index < -0.39 is 11.9 Å². The molecule has 0 aliphatic carbocycles. The molecule has 1 aromatic rings. The summed E-state index contributed by atoms with van der Waals surface area (Å²) in [5.41, 5.74) is 0. The number of alkyl halides is 1. The van der Waals surface area contributed by atoms with Crippen LogP contribution in [0.4, 0.5) is 4.79 Å². The largest absolute Gasteiger partial charge is 0.329 e. The Kier molecular flexibility index (Phi) is 5.21. The molecule has 0 aliphatic rings. The standard InChI is InChI=1S/C9H12ClN3O2S/c1-2-6(8-11-3-4-16-8)12-9(15)13-7(14)5-10/h3-4,6H,2,5H2,1H3,(H2,12,13,14,15). The van der Waals surface area contributed by atoms with Crippen molar-refractivity contribution in [2.45, 2.75) is 19.4 Å². The second-order valence-corrected chi connectivity index (χ2v) is 4.18. The summed E-state index contributed by atoms with van der Waals surface area (Å²) < 4.78 is 0. The normalized spacial score (nSPS) is 11.9. The van der Waals surface area contributed by atoms with Crippen molar-refractivity contribution in [1.29, 1.82) is 0 Å². The molecule has 7 heteroatoms. The Labute approximate surface area is 102 Å². The monoisotopic (exact) mass is 261 g/mol. The van der Waals surface area contributed by atoms with Crippen LogP contribution in [0.15, 0.2) is 11.6 Å². The van der Waals surface area contributed by atoms with E-state index in [9.17, 15) is 9.59 Å². The minimum absolute atomic E-state index is 0.178. The minimum atomic E-state index is -0.548. The Morgan fingerprint density at radius 1 is 1.62 bits per heavy atom. The van der Waals surface area contributed by atoms with Crippen molar-refractivity contribution in [3.63, 3.8) is 0 Å². The van der Waals surface area contributed by atoms with Gasteiger partial charge in [-0.05, 0) is 6.42 Å². The summed E-state index contributed by atoms with van der Waals surface area (Å²) in [4.78, 5) is 26.3. The van der Waals surface area contributed by atoms with Gasteiger partial charge in [-0.1, -0.05) is 6.92 Å². The van der Waals surface area contributed by atoms with E-state index in [2.05, 4.69) is 15.6 Å². The summed E-state index contributed by atoms with van der Waals surface area (Å²) in [6.07, 6.45) is 2.38. The molecule has 0 radical (unpaired) electrons. The average molecular weight is 262 g/mol. The number of imide groups is 1. The molecule has 1 unspecified atom stereocenters. The third-order valence-corrected chi connectivity index (χ3v) is 2.97. The van der Waals surface area contributed by atoms with E-state index in [1.165, 1.54) is 11.3 Å². The summed E-state index contributed by atoms with van der Waals surface area (Å²) in [7, 11) is 0. The Morgan fingerprint density at radius 3 is 2.88 bits per heavy atom. The highest BCUT2D eigenvalue weighted by molar-refractivity contribution is 7.09. The maximum absolute atomic E-state index is 11.4. The Bertz CT molecular complexity index is 356. The molecular weight excluding hydrogens is 250 g/mol. The Balaban J connectivity index is 2.51. The number of nitrogens with one attached hydrogen (secondary N) is 2. The summed E-state index contributed by atoms with van der Waals surface area (Å²) in [5.74, 6) is -0.755. The van der Waals surface area contributed by atoms with Crippen LogP contribution in [0, 0.1) is 0 Å². The quantitative estimate of drug-likeness (QED) is 0.810. The fourth-order valence-electron chi connectivity index (χ4n) is 1.10. The lowest BCUT2D eigenvalue weighted by Gasteiger charge is -2.14. The predicted molar refractivity (Wildman–Crippen MR) is 62.5 cm³/mol. The highest BCUT2D eigenvalue weighted by atomic mass is 35.5. The van der Waals surface area contributed by atoms with Gasteiger partial charge in [0.1, 0.15) is 10.9 Å². The second-order valence-electron chi connectivity index (χ2n) is 2.99. The third-order valence-electron chi connectivity index (χ3n) is 1.84. The number of thiazole rings is 1. The molecule has 1 rings (SSSR count). The van der Waals surface area contributed by atoms with Gasteiger partial charge in [-0.3, -0.25) is 10.1 Å². The number of hydrogen-bond donors (Lipinski definition) is 2. The number of amides is 3. The molecular formula is C9H12ClN3O2S. The van der Waals surface area contributed by atoms with Gasteiger partial charge in [0.2, 0.25) is 5.91 Å². The zero-order valence-corrected chi connectivity index (χ0v) is 10.3. The lowest BCUT2D eigenvalue weighted by Crippen LogP contribution is -2.41. The van der Waals surface area contributed by atoms with Crippen molar-refractivity contribution in [2.75, 3.05) is 5.88 Å². The van der Waals surface area contributed by atoms with Gasteiger partial charge in [0, 0.05) is 11.6 Å². The summed E-state index contributed by atoms with van der Waals surface area (Å²) in [6.45, 7) is 1.93. The van der Waals surface area contributed by atoms with Crippen molar-refractivity contribution < 1.29 is 9.59 Å². The molecule has 0 fully saturated rings. The average Bonchev–Trinajstić information content (AvgIpc) is 2.79. The van der Waals surface area contributed by atoms with Crippen molar-refractivity contribution in [3.05, 3.63) is 16.6 Å². The van der Waals surface area contributed by atoms with E-state index in [4.69, 9.17) is 11.6 Å². The van der Waals surface area contributed by atoms with Crippen LogP contribution < -0.4 is 10.6 Å². The van der Waals surface area contributed by atoms with E-state index in [0.717, 1.165) is 5.01 Å². The van der Waals surface area contributed by atoms with Crippen LogP contribution >= 0.6 is 22.9 Å². The number of nitrogens with zero attached hydrogens (tertiary/aromatic N) is 1. The smallest absolute Gasteiger partial charge is 0.322 e. The maximum Gasteiger partial charge on any atom is 0.322 e.